The summed E-state index contributed by atoms with van der Waals surface area (Å²) in [7, 11) is 0. The number of hydrogen-bond donors (Lipinski definition) is 1. The Hall–Kier alpha value is -0.120. The number of piperidine rings is 1. The Balaban J connectivity index is 1.71. The minimum atomic E-state index is -0.456. The van der Waals surface area contributed by atoms with Gasteiger partial charge in [0.15, 0.2) is 0 Å². The van der Waals surface area contributed by atoms with Gasteiger partial charge >= 0.3 is 0 Å². The summed E-state index contributed by atoms with van der Waals surface area (Å²) in [6.45, 7) is 5.94. The zero-order valence-electron chi connectivity index (χ0n) is 8.33. The number of epoxide rings is 1. The standard InChI is InChI=1S/C10H19NO2/c1-10(12)4-2-5-11(8-10)6-3-9-7-13-9/h9,12H,2-8H2,1H3. The van der Waals surface area contributed by atoms with Crippen molar-refractivity contribution in [3.05, 3.63) is 0 Å². The Morgan fingerprint density at radius 2 is 2.38 bits per heavy atom. The van der Waals surface area contributed by atoms with Gasteiger partial charge in [0.05, 0.1) is 18.3 Å². The van der Waals surface area contributed by atoms with Gasteiger partial charge in [-0.25, -0.2) is 0 Å². The first-order valence-electron chi connectivity index (χ1n) is 5.22. The number of aliphatic hydroxyl groups is 1. The summed E-state index contributed by atoms with van der Waals surface area (Å²) < 4.78 is 5.16. The molecule has 76 valence electrons. The molecule has 2 heterocycles. The number of likely N-dealkylation sites (tertiary alicyclic amines) is 1. The predicted octanol–water partition coefficient (Wildman–Crippen LogP) is 0.622. The first-order chi connectivity index (χ1) is 6.16. The molecule has 2 rings (SSSR count). The van der Waals surface area contributed by atoms with Gasteiger partial charge in [0.25, 0.3) is 0 Å². The minimum Gasteiger partial charge on any atom is -0.389 e. The maximum absolute atomic E-state index is 9.85. The summed E-state index contributed by atoms with van der Waals surface area (Å²) in [5, 5.41) is 9.85. The van der Waals surface area contributed by atoms with Crippen LogP contribution in [0.1, 0.15) is 26.2 Å². The largest absolute Gasteiger partial charge is 0.389 e. The molecular formula is C10H19NO2. The number of hydrogen-bond acceptors (Lipinski definition) is 3. The molecule has 2 atom stereocenters. The molecule has 3 nitrogen and oxygen atoms in total. The second kappa shape index (κ2) is 3.56. The molecule has 13 heavy (non-hydrogen) atoms. The number of ether oxygens (including phenoxy) is 1. The van der Waals surface area contributed by atoms with Crippen LogP contribution in [-0.4, -0.2) is 48.0 Å². The Labute approximate surface area is 79.7 Å². The van der Waals surface area contributed by atoms with Crippen molar-refractivity contribution in [2.24, 2.45) is 0 Å². The zero-order chi connectivity index (χ0) is 9.31. The van der Waals surface area contributed by atoms with Crippen LogP contribution in [0.3, 0.4) is 0 Å². The summed E-state index contributed by atoms with van der Waals surface area (Å²) in [5.74, 6) is 0. The molecule has 1 N–H and O–H groups in total. The molecule has 0 spiro atoms. The van der Waals surface area contributed by atoms with Crippen molar-refractivity contribution in [1.29, 1.82) is 0 Å². The summed E-state index contributed by atoms with van der Waals surface area (Å²) in [4.78, 5) is 2.35. The van der Waals surface area contributed by atoms with E-state index in [0.717, 1.165) is 45.5 Å². The van der Waals surface area contributed by atoms with E-state index in [-0.39, 0.29) is 0 Å². The fourth-order valence-corrected chi connectivity index (χ4v) is 2.08. The highest BCUT2D eigenvalue weighted by molar-refractivity contribution is 4.83. The van der Waals surface area contributed by atoms with Crippen LogP contribution in [0.2, 0.25) is 0 Å². The quantitative estimate of drug-likeness (QED) is 0.655. The van der Waals surface area contributed by atoms with Crippen molar-refractivity contribution >= 4 is 0 Å². The Morgan fingerprint density at radius 3 is 3.00 bits per heavy atom. The van der Waals surface area contributed by atoms with Crippen LogP contribution >= 0.6 is 0 Å². The first-order valence-corrected chi connectivity index (χ1v) is 5.22. The lowest BCUT2D eigenvalue weighted by atomic mass is 9.95. The summed E-state index contributed by atoms with van der Waals surface area (Å²) >= 11 is 0. The van der Waals surface area contributed by atoms with Crippen LogP contribution in [-0.2, 0) is 4.74 Å². The van der Waals surface area contributed by atoms with Gasteiger partial charge in [-0.15, -0.1) is 0 Å². The summed E-state index contributed by atoms with van der Waals surface area (Å²) in [6.07, 6.45) is 3.73. The molecule has 2 aliphatic heterocycles. The molecule has 0 radical (unpaired) electrons. The number of β-amino-alcohol motifs (C(OH)–C–C–N with tert-alkyl or cyclic N) is 1. The zero-order valence-corrected chi connectivity index (χ0v) is 8.33. The van der Waals surface area contributed by atoms with E-state index >= 15 is 0 Å². The Kier molecular flexibility index (Phi) is 2.58. The van der Waals surface area contributed by atoms with Crippen molar-refractivity contribution in [2.45, 2.75) is 37.9 Å². The van der Waals surface area contributed by atoms with Crippen LogP contribution in [0.4, 0.5) is 0 Å². The lowest BCUT2D eigenvalue weighted by Gasteiger charge is -2.36. The highest BCUT2D eigenvalue weighted by Gasteiger charge is 2.29. The molecule has 0 amide bonds. The molecule has 0 saturated carbocycles. The average molecular weight is 185 g/mol. The summed E-state index contributed by atoms with van der Waals surface area (Å²) in [5.41, 5.74) is -0.456. The van der Waals surface area contributed by atoms with Crippen LogP contribution in [0, 0.1) is 0 Å². The van der Waals surface area contributed by atoms with Crippen LogP contribution in [0.15, 0.2) is 0 Å². The van der Waals surface area contributed by atoms with Gasteiger partial charge in [-0.2, -0.15) is 0 Å². The van der Waals surface area contributed by atoms with E-state index in [1.807, 2.05) is 6.92 Å². The molecule has 0 aromatic carbocycles. The fraction of sp³-hybridized carbons (Fsp3) is 1.00. The van der Waals surface area contributed by atoms with Crippen molar-refractivity contribution in [2.75, 3.05) is 26.2 Å². The van der Waals surface area contributed by atoms with Gasteiger partial charge in [-0.3, -0.25) is 0 Å². The third-order valence-corrected chi connectivity index (χ3v) is 2.92. The third kappa shape index (κ3) is 2.93. The van der Waals surface area contributed by atoms with Gasteiger partial charge in [-0.05, 0) is 32.7 Å². The number of rotatable bonds is 3. The van der Waals surface area contributed by atoms with Crippen molar-refractivity contribution in [3.63, 3.8) is 0 Å². The van der Waals surface area contributed by atoms with E-state index in [1.54, 1.807) is 0 Å². The van der Waals surface area contributed by atoms with Crippen molar-refractivity contribution < 1.29 is 9.84 Å². The Bertz CT molecular complexity index is 178. The molecule has 3 heteroatoms. The van der Waals surface area contributed by atoms with E-state index < -0.39 is 5.60 Å². The van der Waals surface area contributed by atoms with E-state index in [2.05, 4.69) is 4.90 Å². The van der Waals surface area contributed by atoms with Gasteiger partial charge in [0, 0.05) is 13.1 Å². The Morgan fingerprint density at radius 1 is 1.62 bits per heavy atom. The van der Waals surface area contributed by atoms with Crippen molar-refractivity contribution in [3.8, 4) is 0 Å². The lowest BCUT2D eigenvalue weighted by molar-refractivity contribution is -0.0161. The van der Waals surface area contributed by atoms with E-state index in [1.165, 1.54) is 0 Å². The first kappa shape index (κ1) is 9.44. The normalized spacial score (nSPS) is 40.6. The van der Waals surface area contributed by atoms with E-state index in [9.17, 15) is 5.11 Å². The predicted molar refractivity (Wildman–Crippen MR) is 50.7 cm³/mol. The van der Waals surface area contributed by atoms with Gasteiger partial charge in [-0.1, -0.05) is 0 Å². The minimum absolute atomic E-state index is 0.456. The molecule has 2 unspecified atom stereocenters. The molecule has 2 fully saturated rings. The number of nitrogens with zero attached hydrogens (tertiary/aromatic N) is 1. The molecule has 0 aliphatic carbocycles. The van der Waals surface area contributed by atoms with Crippen LogP contribution in [0.25, 0.3) is 0 Å². The third-order valence-electron chi connectivity index (χ3n) is 2.92. The second-order valence-electron chi connectivity index (χ2n) is 4.62. The van der Waals surface area contributed by atoms with Gasteiger partial charge in [0.1, 0.15) is 0 Å². The second-order valence-corrected chi connectivity index (χ2v) is 4.62. The maximum Gasteiger partial charge on any atom is 0.0822 e. The highest BCUT2D eigenvalue weighted by atomic mass is 16.6. The van der Waals surface area contributed by atoms with Crippen LogP contribution in [0.5, 0.6) is 0 Å². The topological polar surface area (TPSA) is 36.0 Å². The average Bonchev–Trinajstić information content (AvgIpc) is 2.82. The molecule has 0 aromatic heterocycles. The smallest absolute Gasteiger partial charge is 0.0822 e. The highest BCUT2D eigenvalue weighted by Crippen LogP contribution is 2.21. The van der Waals surface area contributed by atoms with Gasteiger partial charge in [0.2, 0.25) is 0 Å². The van der Waals surface area contributed by atoms with E-state index in [4.69, 9.17) is 4.74 Å². The molecular weight excluding hydrogens is 166 g/mol. The monoisotopic (exact) mass is 185 g/mol. The van der Waals surface area contributed by atoms with Gasteiger partial charge < -0.3 is 14.7 Å². The SMILES string of the molecule is CC1(O)CCCN(CCC2CO2)C1. The summed E-state index contributed by atoms with van der Waals surface area (Å²) in [6, 6.07) is 0. The van der Waals surface area contributed by atoms with Crippen molar-refractivity contribution in [1.82, 2.24) is 4.90 Å². The van der Waals surface area contributed by atoms with Crippen LogP contribution < -0.4 is 0 Å². The molecule has 2 saturated heterocycles. The maximum atomic E-state index is 9.85. The molecule has 2 aliphatic rings. The molecule has 0 aromatic rings. The molecule has 0 bridgehead atoms. The van der Waals surface area contributed by atoms with E-state index in [0.29, 0.717) is 6.10 Å². The lowest BCUT2D eigenvalue weighted by Crippen LogP contribution is -2.46. The fourth-order valence-electron chi connectivity index (χ4n) is 2.08.